The lowest BCUT2D eigenvalue weighted by molar-refractivity contribution is -0.124. The highest BCUT2D eigenvalue weighted by molar-refractivity contribution is 8.01. The van der Waals surface area contributed by atoms with Crippen LogP contribution in [-0.2, 0) is 10.4 Å². The third-order valence-corrected chi connectivity index (χ3v) is 5.43. The second-order valence-corrected chi connectivity index (χ2v) is 7.56. The minimum atomic E-state index is -1.11. The molecule has 2 atom stereocenters. The van der Waals surface area contributed by atoms with E-state index in [2.05, 4.69) is 5.32 Å². The van der Waals surface area contributed by atoms with E-state index in [0.29, 0.717) is 5.76 Å². The summed E-state index contributed by atoms with van der Waals surface area (Å²) in [4.78, 5) is 12.3. The summed E-state index contributed by atoms with van der Waals surface area (Å²) in [6, 6.07) is 1.83. The van der Waals surface area contributed by atoms with Crippen molar-refractivity contribution in [3.8, 4) is 0 Å². The van der Waals surface area contributed by atoms with E-state index in [1.165, 1.54) is 0 Å². The number of amides is 1. The summed E-state index contributed by atoms with van der Waals surface area (Å²) in [5.41, 5.74) is -0.378. The van der Waals surface area contributed by atoms with Gasteiger partial charge in [-0.3, -0.25) is 4.79 Å². The molecule has 1 amide bonds. The first-order valence-electron chi connectivity index (χ1n) is 6.97. The van der Waals surface area contributed by atoms with Gasteiger partial charge in [-0.1, -0.05) is 0 Å². The van der Waals surface area contributed by atoms with Crippen LogP contribution in [0.3, 0.4) is 0 Å². The van der Waals surface area contributed by atoms with E-state index >= 15 is 0 Å². The van der Waals surface area contributed by atoms with Gasteiger partial charge in [-0.15, -0.1) is 11.8 Å². The first kappa shape index (κ1) is 15.4. The maximum atomic E-state index is 12.3. The second-order valence-electron chi connectivity index (χ2n) is 5.97. The van der Waals surface area contributed by atoms with E-state index in [1.807, 2.05) is 26.8 Å². The van der Waals surface area contributed by atoms with E-state index in [-0.39, 0.29) is 17.2 Å². The lowest BCUT2D eigenvalue weighted by Crippen LogP contribution is -2.46. The fraction of sp³-hybridized carbons (Fsp3) is 0.667. The predicted octanol–water partition coefficient (Wildman–Crippen LogP) is 2.51. The first-order chi connectivity index (χ1) is 9.24. The molecule has 2 rings (SSSR count). The molecule has 0 saturated carbocycles. The van der Waals surface area contributed by atoms with Crippen LogP contribution in [0.1, 0.15) is 43.8 Å². The molecular weight excluding hydrogens is 274 g/mol. The van der Waals surface area contributed by atoms with E-state index in [9.17, 15) is 9.90 Å². The summed E-state index contributed by atoms with van der Waals surface area (Å²) >= 11 is 1.69. The molecule has 1 fully saturated rings. The van der Waals surface area contributed by atoms with Crippen LogP contribution in [0, 0.1) is 13.8 Å². The second kappa shape index (κ2) is 5.45. The van der Waals surface area contributed by atoms with Crippen molar-refractivity contribution in [1.82, 2.24) is 5.32 Å². The van der Waals surface area contributed by atoms with Gasteiger partial charge in [0.25, 0.3) is 0 Å². The lowest BCUT2D eigenvalue weighted by atomic mass is 9.95. The van der Waals surface area contributed by atoms with Gasteiger partial charge in [0.1, 0.15) is 17.1 Å². The summed E-state index contributed by atoms with van der Waals surface area (Å²) in [6.45, 7) is 7.55. The zero-order valence-corrected chi connectivity index (χ0v) is 13.4. The summed E-state index contributed by atoms with van der Waals surface area (Å²) in [5.74, 6) is 2.50. The minimum absolute atomic E-state index is 0.0122. The van der Waals surface area contributed by atoms with Gasteiger partial charge in [0.2, 0.25) is 5.91 Å². The number of aryl methyl sites for hydroxylation is 2. The van der Waals surface area contributed by atoms with Crippen LogP contribution < -0.4 is 5.32 Å². The van der Waals surface area contributed by atoms with Gasteiger partial charge in [-0.25, -0.2) is 0 Å². The fourth-order valence-electron chi connectivity index (χ4n) is 2.66. The highest BCUT2D eigenvalue weighted by Gasteiger charge is 2.38. The number of furan rings is 1. The Balaban J connectivity index is 2.02. The SMILES string of the molecule is Cc1cc(C(C)(O)CNC(=O)C2(C)CCCS2)c(C)o1. The Labute approximate surface area is 124 Å². The van der Waals surface area contributed by atoms with Gasteiger partial charge in [-0.2, -0.15) is 0 Å². The van der Waals surface area contributed by atoms with Gasteiger partial charge in [0.05, 0.1) is 11.3 Å². The zero-order valence-electron chi connectivity index (χ0n) is 12.6. The number of nitrogens with one attached hydrogen (secondary N) is 1. The van der Waals surface area contributed by atoms with Crippen molar-refractivity contribution in [2.75, 3.05) is 12.3 Å². The number of hydrogen-bond donors (Lipinski definition) is 2. The number of hydrogen-bond acceptors (Lipinski definition) is 4. The molecule has 1 saturated heterocycles. The van der Waals surface area contributed by atoms with Crippen LogP contribution in [0.15, 0.2) is 10.5 Å². The molecular formula is C15H23NO3S. The highest BCUT2D eigenvalue weighted by atomic mass is 32.2. The molecule has 5 heteroatoms. The Morgan fingerprint density at radius 3 is 2.80 bits per heavy atom. The van der Waals surface area contributed by atoms with Gasteiger partial charge in [0.15, 0.2) is 0 Å². The molecule has 2 heterocycles. The van der Waals surface area contributed by atoms with Crippen molar-refractivity contribution >= 4 is 17.7 Å². The minimum Gasteiger partial charge on any atom is -0.466 e. The van der Waals surface area contributed by atoms with Crippen LogP contribution in [0.25, 0.3) is 0 Å². The maximum absolute atomic E-state index is 12.3. The Morgan fingerprint density at radius 2 is 2.30 bits per heavy atom. The standard InChI is InChI=1S/C15H23NO3S/c1-10-8-12(11(2)19-10)14(3,18)9-16-13(17)15(4)6-5-7-20-15/h8,18H,5-7,9H2,1-4H3,(H,16,17). The quantitative estimate of drug-likeness (QED) is 0.896. The van der Waals surface area contributed by atoms with Crippen LogP contribution in [0.4, 0.5) is 0 Å². The molecule has 0 bridgehead atoms. The number of aliphatic hydroxyl groups is 1. The Kier molecular flexibility index (Phi) is 4.21. The highest BCUT2D eigenvalue weighted by Crippen LogP contribution is 2.38. The van der Waals surface area contributed by atoms with Crippen LogP contribution >= 0.6 is 11.8 Å². The molecule has 0 aliphatic carbocycles. The molecule has 0 spiro atoms. The van der Waals surface area contributed by atoms with Crippen LogP contribution in [0.5, 0.6) is 0 Å². The van der Waals surface area contributed by atoms with Crippen molar-refractivity contribution in [3.05, 3.63) is 23.2 Å². The average molecular weight is 297 g/mol. The zero-order chi connectivity index (χ0) is 15.0. The normalized spacial score (nSPS) is 25.4. The third kappa shape index (κ3) is 3.04. The third-order valence-electron chi connectivity index (χ3n) is 3.91. The molecule has 112 valence electrons. The number of carbonyl (C=O) groups excluding carboxylic acids is 1. The summed E-state index contributed by atoms with van der Waals surface area (Å²) < 4.78 is 5.10. The van der Waals surface area contributed by atoms with Crippen molar-refractivity contribution in [3.63, 3.8) is 0 Å². The molecule has 1 aromatic heterocycles. The van der Waals surface area contributed by atoms with Crippen LogP contribution in [0.2, 0.25) is 0 Å². The lowest BCUT2D eigenvalue weighted by Gasteiger charge is -2.27. The molecule has 4 nitrogen and oxygen atoms in total. The Bertz CT molecular complexity index is 501. The summed E-state index contributed by atoms with van der Waals surface area (Å²) in [5, 5.41) is 13.5. The van der Waals surface area contributed by atoms with Gasteiger partial charge >= 0.3 is 0 Å². The number of carbonyl (C=O) groups is 1. The van der Waals surface area contributed by atoms with Crippen molar-refractivity contribution in [2.24, 2.45) is 0 Å². The van der Waals surface area contributed by atoms with Crippen molar-refractivity contribution in [2.45, 2.75) is 50.9 Å². The molecule has 1 aromatic rings. The topological polar surface area (TPSA) is 62.5 Å². The average Bonchev–Trinajstić information content (AvgIpc) is 2.94. The number of thioether (sulfide) groups is 1. The fourth-order valence-corrected chi connectivity index (χ4v) is 3.89. The Hall–Kier alpha value is -0.940. The van der Waals surface area contributed by atoms with Crippen molar-refractivity contribution in [1.29, 1.82) is 0 Å². The number of rotatable bonds is 4. The largest absolute Gasteiger partial charge is 0.466 e. The smallest absolute Gasteiger partial charge is 0.236 e. The Morgan fingerprint density at radius 1 is 1.60 bits per heavy atom. The monoisotopic (exact) mass is 297 g/mol. The van der Waals surface area contributed by atoms with E-state index in [1.54, 1.807) is 18.7 Å². The van der Waals surface area contributed by atoms with E-state index in [0.717, 1.165) is 29.9 Å². The molecule has 1 aliphatic heterocycles. The first-order valence-corrected chi connectivity index (χ1v) is 7.95. The van der Waals surface area contributed by atoms with Gasteiger partial charge < -0.3 is 14.8 Å². The van der Waals surface area contributed by atoms with Gasteiger partial charge in [0, 0.05) is 5.56 Å². The molecule has 2 N–H and O–H groups in total. The van der Waals surface area contributed by atoms with E-state index < -0.39 is 5.60 Å². The maximum Gasteiger partial charge on any atom is 0.236 e. The summed E-state index contributed by atoms with van der Waals surface area (Å²) in [6.07, 6.45) is 1.97. The van der Waals surface area contributed by atoms with E-state index in [4.69, 9.17) is 4.42 Å². The molecule has 20 heavy (non-hydrogen) atoms. The van der Waals surface area contributed by atoms with Crippen molar-refractivity contribution < 1.29 is 14.3 Å². The molecule has 0 aromatic carbocycles. The predicted molar refractivity (Wildman–Crippen MR) is 80.9 cm³/mol. The molecule has 1 aliphatic rings. The molecule has 2 unspecified atom stereocenters. The molecule has 0 radical (unpaired) electrons. The summed E-state index contributed by atoms with van der Waals surface area (Å²) in [7, 11) is 0. The van der Waals surface area contributed by atoms with Gasteiger partial charge in [-0.05, 0) is 52.4 Å². The van der Waals surface area contributed by atoms with Crippen LogP contribution in [-0.4, -0.2) is 28.1 Å².